The van der Waals surface area contributed by atoms with E-state index in [4.69, 9.17) is 0 Å². The Morgan fingerprint density at radius 2 is 1.86 bits per heavy atom. The van der Waals surface area contributed by atoms with Gasteiger partial charge in [0.25, 0.3) is 5.56 Å². The SMILES string of the molecule is CC(O)=C1c2ccccc2Cn2c1nc(=O)c1ccccc12. The molecule has 2 aromatic carbocycles. The highest BCUT2D eigenvalue weighted by Gasteiger charge is 2.24. The molecule has 0 unspecified atom stereocenters. The number of fused-ring (bicyclic) bond motifs is 4. The second-order valence-corrected chi connectivity index (χ2v) is 5.46. The van der Waals surface area contributed by atoms with Crippen molar-refractivity contribution >= 4 is 16.5 Å². The lowest BCUT2D eigenvalue weighted by molar-refractivity contribution is 0.416. The average molecular weight is 290 g/mol. The van der Waals surface area contributed by atoms with E-state index < -0.39 is 0 Å². The van der Waals surface area contributed by atoms with Crippen molar-refractivity contribution in [3.8, 4) is 0 Å². The van der Waals surface area contributed by atoms with Crippen molar-refractivity contribution in [3.05, 3.63) is 81.6 Å². The lowest BCUT2D eigenvalue weighted by Gasteiger charge is -2.25. The molecule has 4 nitrogen and oxygen atoms in total. The largest absolute Gasteiger partial charge is 0.512 e. The van der Waals surface area contributed by atoms with Gasteiger partial charge in [-0.3, -0.25) is 4.79 Å². The molecular weight excluding hydrogens is 276 g/mol. The van der Waals surface area contributed by atoms with Crippen LogP contribution in [0.4, 0.5) is 0 Å². The van der Waals surface area contributed by atoms with Crippen molar-refractivity contribution in [1.82, 2.24) is 9.55 Å². The molecule has 0 aliphatic carbocycles. The van der Waals surface area contributed by atoms with Crippen LogP contribution in [-0.4, -0.2) is 14.7 Å². The number of nitrogens with zero attached hydrogens (tertiary/aromatic N) is 2. The van der Waals surface area contributed by atoms with Gasteiger partial charge in [-0.1, -0.05) is 36.4 Å². The van der Waals surface area contributed by atoms with Gasteiger partial charge in [0.2, 0.25) is 0 Å². The molecular formula is C18H14N2O2. The van der Waals surface area contributed by atoms with Crippen LogP contribution in [0.25, 0.3) is 16.5 Å². The number of allylic oxidation sites excluding steroid dienone is 1. The molecule has 1 N–H and O–H groups in total. The highest BCUT2D eigenvalue weighted by atomic mass is 16.3. The lowest BCUT2D eigenvalue weighted by atomic mass is 9.94. The number of benzene rings is 2. The highest BCUT2D eigenvalue weighted by molar-refractivity contribution is 5.86. The van der Waals surface area contributed by atoms with E-state index in [0.29, 0.717) is 23.3 Å². The summed E-state index contributed by atoms with van der Waals surface area (Å²) in [6, 6.07) is 15.3. The Bertz CT molecular complexity index is 995. The summed E-state index contributed by atoms with van der Waals surface area (Å²) in [5, 5.41) is 10.8. The molecule has 1 aromatic heterocycles. The number of aliphatic hydroxyl groups excluding tert-OH is 1. The predicted molar refractivity (Wildman–Crippen MR) is 85.9 cm³/mol. The molecule has 1 aliphatic rings. The Kier molecular flexibility index (Phi) is 2.66. The number of rotatable bonds is 0. The number of para-hydroxylation sites is 1. The van der Waals surface area contributed by atoms with E-state index in [9.17, 15) is 9.90 Å². The molecule has 2 heterocycles. The molecule has 0 radical (unpaired) electrons. The summed E-state index contributed by atoms with van der Waals surface area (Å²) in [5.41, 5.74) is 3.24. The van der Waals surface area contributed by atoms with Crippen LogP contribution in [0.3, 0.4) is 0 Å². The molecule has 4 heteroatoms. The van der Waals surface area contributed by atoms with Gasteiger partial charge in [-0.25, -0.2) is 0 Å². The Morgan fingerprint density at radius 1 is 1.14 bits per heavy atom. The van der Waals surface area contributed by atoms with Crippen molar-refractivity contribution in [2.45, 2.75) is 13.5 Å². The summed E-state index contributed by atoms with van der Waals surface area (Å²) < 4.78 is 1.99. The smallest absolute Gasteiger partial charge is 0.281 e. The van der Waals surface area contributed by atoms with Crippen LogP contribution in [0.15, 0.2) is 59.1 Å². The third-order valence-electron chi connectivity index (χ3n) is 4.09. The van der Waals surface area contributed by atoms with Gasteiger partial charge in [-0.15, -0.1) is 0 Å². The van der Waals surface area contributed by atoms with Crippen LogP contribution in [0, 0.1) is 0 Å². The van der Waals surface area contributed by atoms with Crippen molar-refractivity contribution in [2.24, 2.45) is 0 Å². The number of hydrogen-bond donors (Lipinski definition) is 1. The minimum Gasteiger partial charge on any atom is -0.512 e. The van der Waals surface area contributed by atoms with Gasteiger partial charge < -0.3 is 9.67 Å². The standard InChI is InChI=1S/C18H14N2O2/c1-11(21)16-13-7-3-2-6-12(13)10-20-15-9-5-4-8-14(15)18(22)19-17(16)20/h2-9,21H,10H2,1H3. The van der Waals surface area contributed by atoms with Gasteiger partial charge in [0.1, 0.15) is 11.6 Å². The fourth-order valence-corrected chi connectivity index (χ4v) is 3.12. The zero-order chi connectivity index (χ0) is 15.3. The first kappa shape index (κ1) is 12.8. The zero-order valence-corrected chi connectivity index (χ0v) is 12.1. The second kappa shape index (κ2) is 4.56. The molecule has 0 fully saturated rings. The predicted octanol–water partition coefficient (Wildman–Crippen LogP) is 3.10. The topological polar surface area (TPSA) is 55.1 Å². The number of aliphatic hydroxyl groups is 1. The van der Waals surface area contributed by atoms with Crippen LogP contribution in [-0.2, 0) is 6.54 Å². The molecule has 4 rings (SSSR count). The molecule has 0 amide bonds. The van der Waals surface area contributed by atoms with Crippen LogP contribution < -0.4 is 5.56 Å². The molecule has 0 saturated heterocycles. The van der Waals surface area contributed by atoms with Gasteiger partial charge in [-0.2, -0.15) is 4.98 Å². The van der Waals surface area contributed by atoms with E-state index in [2.05, 4.69) is 4.98 Å². The maximum absolute atomic E-state index is 12.3. The third-order valence-corrected chi connectivity index (χ3v) is 4.09. The lowest BCUT2D eigenvalue weighted by Crippen LogP contribution is -2.23. The molecule has 108 valence electrons. The van der Waals surface area contributed by atoms with E-state index in [1.807, 2.05) is 47.0 Å². The summed E-state index contributed by atoms with van der Waals surface area (Å²) in [6.45, 7) is 2.26. The van der Waals surface area contributed by atoms with Crippen LogP contribution in [0.1, 0.15) is 23.9 Å². The van der Waals surface area contributed by atoms with Gasteiger partial charge in [0, 0.05) is 0 Å². The van der Waals surface area contributed by atoms with Gasteiger partial charge >= 0.3 is 0 Å². The quantitative estimate of drug-likeness (QED) is 0.506. The zero-order valence-electron chi connectivity index (χ0n) is 12.1. The van der Waals surface area contributed by atoms with Crippen molar-refractivity contribution in [3.63, 3.8) is 0 Å². The van der Waals surface area contributed by atoms with Crippen molar-refractivity contribution < 1.29 is 5.11 Å². The first-order valence-corrected chi connectivity index (χ1v) is 7.15. The van der Waals surface area contributed by atoms with Crippen molar-refractivity contribution in [1.29, 1.82) is 0 Å². The van der Waals surface area contributed by atoms with E-state index in [-0.39, 0.29) is 11.3 Å². The fraction of sp³-hybridized carbons (Fsp3) is 0.111. The molecule has 22 heavy (non-hydrogen) atoms. The fourth-order valence-electron chi connectivity index (χ4n) is 3.12. The van der Waals surface area contributed by atoms with E-state index in [0.717, 1.165) is 16.6 Å². The van der Waals surface area contributed by atoms with E-state index in [1.54, 1.807) is 13.0 Å². The molecule has 1 aliphatic heterocycles. The molecule has 3 aromatic rings. The average Bonchev–Trinajstić information content (AvgIpc) is 2.53. The summed E-state index contributed by atoms with van der Waals surface area (Å²) in [7, 11) is 0. The van der Waals surface area contributed by atoms with Crippen molar-refractivity contribution in [2.75, 3.05) is 0 Å². The normalized spacial score (nSPS) is 15.3. The Morgan fingerprint density at radius 3 is 2.68 bits per heavy atom. The minimum absolute atomic E-state index is 0.170. The van der Waals surface area contributed by atoms with Gasteiger partial charge in [-0.05, 0) is 30.2 Å². The summed E-state index contributed by atoms with van der Waals surface area (Å²) in [5.74, 6) is 0.700. The number of hydrogen-bond acceptors (Lipinski definition) is 3. The maximum atomic E-state index is 12.3. The van der Waals surface area contributed by atoms with Crippen LogP contribution in [0.2, 0.25) is 0 Å². The maximum Gasteiger partial charge on any atom is 0.281 e. The molecule has 0 atom stereocenters. The molecule has 0 spiro atoms. The van der Waals surface area contributed by atoms with Crippen LogP contribution in [0.5, 0.6) is 0 Å². The highest BCUT2D eigenvalue weighted by Crippen LogP contribution is 2.33. The minimum atomic E-state index is -0.264. The monoisotopic (exact) mass is 290 g/mol. The number of aromatic nitrogens is 2. The second-order valence-electron chi connectivity index (χ2n) is 5.46. The first-order valence-electron chi connectivity index (χ1n) is 7.15. The summed E-state index contributed by atoms with van der Waals surface area (Å²) in [6.07, 6.45) is 0. The molecule has 0 saturated carbocycles. The summed E-state index contributed by atoms with van der Waals surface area (Å²) in [4.78, 5) is 16.5. The first-order chi connectivity index (χ1) is 10.7. The van der Waals surface area contributed by atoms with Gasteiger partial charge in [0.15, 0.2) is 0 Å². The Balaban J connectivity index is 2.17. The Labute approximate surface area is 127 Å². The van der Waals surface area contributed by atoms with E-state index in [1.165, 1.54) is 0 Å². The summed E-state index contributed by atoms with van der Waals surface area (Å²) >= 11 is 0. The Hall–Kier alpha value is -2.88. The van der Waals surface area contributed by atoms with E-state index >= 15 is 0 Å². The molecule has 0 bridgehead atoms. The van der Waals surface area contributed by atoms with Gasteiger partial charge in [0.05, 0.1) is 23.0 Å². The van der Waals surface area contributed by atoms with Crippen LogP contribution >= 0.6 is 0 Å². The third kappa shape index (κ3) is 1.70.